The van der Waals surface area contributed by atoms with Crippen molar-refractivity contribution in [2.24, 2.45) is 4.99 Å². The zero-order valence-corrected chi connectivity index (χ0v) is 11.0. The number of nitrogens with zero attached hydrogens (tertiary/aromatic N) is 2. The lowest BCUT2D eigenvalue weighted by Gasteiger charge is -2.04. The van der Waals surface area contributed by atoms with E-state index in [4.69, 9.17) is 11.6 Å². The Morgan fingerprint density at radius 2 is 2.16 bits per heavy atom. The third-order valence-corrected chi connectivity index (χ3v) is 2.79. The fourth-order valence-corrected chi connectivity index (χ4v) is 1.73. The van der Waals surface area contributed by atoms with Crippen LogP contribution in [-0.2, 0) is 6.42 Å². The monoisotopic (exact) mass is 272 g/mol. The van der Waals surface area contributed by atoms with Gasteiger partial charge in [-0.15, -0.1) is 6.58 Å². The predicted molar refractivity (Wildman–Crippen MR) is 78.5 cm³/mol. The van der Waals surface area contributed by atoms with E-state index in [2.05, 4.69) is 16.6 Å². The summed E-state index contributed by atoms with van der Waals surface area (Å²) in [5.41, 5.74) is 1.47. The molecule has 2 rings (SSSR count). The maximum absolute atomic E-state index is 10.1. The number of phenolic OH excluding ortho intramolecular Hbond substituents is 1. The lowest BCUT2D eigenvalue weighted by molar-refractivity contribution is 0.469. The highest BCUT2D eigenvalue weighted by atomic mass is 35.5. The van der Waals surface area contributed by atoms with Gasteiger partial charge in [-0.05, 0) is 30.2 Å². The molecule has 0 amide bonds. The van der Waals surface area contributed by atoms with Gasteiger partial charge in [0.1, 0.15) is 5.75 Å². The second-order valence-corrected chi connectivity index (χ2v) is 4.38. The van der Waals surface area contributed by atoms with Crippen LogP contribution in [0.15, 0.2) is 54.2 Å². The zero-order valence-electron chi connectivity index (χ0n) is 10.3. The van der Waals surface area contributed by atoms with Gasteiger partial charge in [0.2, 0.25) is 0 Å². The van der Waals surface area contributed by atoms with Crippen LogP contribution in [0.25, 0.3) is 0 Å². The molecule has 0 aliphatic heterocycles. The van der Waals surface area contributed by atoms with Crippen LogP contribution in [0.5, 0.6) is 5.75 Å². The van der Waals surface area contributed by atoms with Crippen LogP contribution in [0.3, 0.4) is 0 Å². The van der Waals surface area contributed by atoms with E-state index in [0.717, 1.165) is 5.56 Å². The van der Waals surface area contributed by atoms with E-state index >= 15 is 0 Å². The van der Waals surface area contributed by atoms with Gasteiger partial charge in [0.25, 0.3) is 0 Å². The maximum Gasteiger partial charge on any atom is 0.151 e. The van der Waals surface area contributed by atoms with E-state index < -0.39 is 0 Å². The number of para-hydroxylation sites is 1. The Labute approximate surface area is 116 Å². The van der Waals surface area contributed by atoms with Crippen LogP contribution in [-0.4, -0.2) is 16.3 Å². The van der Waals surface area contributed by atoms with Gasteiger partial charge in [0, 0.05) is 18.0 Å². The molecule has 0 radical (unpaired) electrons. The van der Waals surface area contributed by atoms with Crippen LogP contribution >= 0.6 is 11.6 Å². The summed E-state index contributed by atoms with van der Waals surface area (Å²) in [6.45, 7) is 3.66. The number of benzene rings is 1. The van der Waals surface area contributed by atoms with Gasteiger partial charge in [-0.25, -0.2) is 9.98 Å². The maximum atomic E-state index is 10.1. The van der Waals surface area contributed by atoms with Crippen molar-refractivity contribution in [1.29, 1.82) is 0 Å². The van der Waals surface area contributed by atoms with Crippen molar-refractivity contribution in [3.63, 3.8) is 0 Å². The number of halogens is 1. The van der Waals surface area contributed by atoms with Crippen molar-refractivity contribution >= 4 is 23.6 Å². The molecule has 2 aromatic rings. The van der Waals surface area contributed by atoms with E-state index in [1.165, 1.54) is 6.20 Å². The molecule has 19 heavy (non-hydrogen) atoms. The summed E-state index contributed by atoms with van der Waals surface area (Å²) in [6.07, 6.45) is 5.48. The number of allylic oxidation sites excluding steroid dienone is 1. The largest absolute Gasteiger partial charge is 0.507 e. The first-order valence-electron chi connectivity index (χ1n) is 5.78. The van der Waals surface area contributed by atoms with Crippen molar-refractivity contribution in [3.8, 4) is 5.75 Å². The summed E-state index contributed by atoms with van der Waals surface area (Å²) in [5, 5.41) is 10.6. The Morgan fingerprint density at radius 3 is 2.84 bits per heavy atom. The van der Waals surface area contributed by atoms with Crippen molar-refractivity contribution < 1.29 is 5.11 Å². The van der Waals surface area contributed by atoms with Crippen molar-refractivity contribution in [1.82, 2.24) is 4.98 Å². The summed E-state index contributed by atoms with van der Waals surface area (Å²) in [4.78, 5) is 8.25. The molecule has 0 saturated carbocycles. The highest BCUT2D eigenvalue weighted by Crippen LogP contribution is 2.22. The van der Waals surface area contributed by atoms with E-state index in [9.17, 15) is 5.11 Å². The normalized spacial score (nSPS) is 10.8. The molecule has 0 atom stereocenters. The van der Waals surface area contributed by atoms with Crippen molar-refractivity contribution in [2.45, 2.75) is 6.42 Å². The first-order chi connectivity index (χ1) is 9.20. The second kappa shape index (κ2) is 6.16. The summed E-state index contributed by atoms with van der Waals surface area (Å²) >= 11 is 5.75. The molecule has 1 N–H and O–H groups in total. The molecule has 0 aliphatic carbocycles. The molecule has 0 spiro atoms. The third kappa shape index (κ3) is 3.42. The average molecular weight is 273 g/mol. The van der Waals surface area contributed by atoms with Crippen LogP contribution in [0.1, 0.15) is 11.1 Å². The molecular formula is C15H13ClN2O. The fourth-order valence-electron chi connectivity index (χ4n) is 1.62. The first kappa shape index (κ1) is 13.3. The van der Waals surface area contributed by atoms with Gasteiger partial charge in [-0.2, -0.15) is 0 Å². The molecule has 1 aromatic heterocycles. The smallest absolute Gasteiger partial charge is 0.151 e. The Hall–Kier alpha value is -2.13. The Bertz CT molecular complexity index is 606. The van der Waals surface area contributed by atoms with Crippen molar-refractivity contribution in [3.05, 3.63) is 65.3 Å². The van der Waals surface area contributed by atoms with E-state index in [1.54, 1.807) is 30.5 Å². The standard InChI is InChI=1S/C15H13ClN2O/c1-2-4-11-5-3-6-12(15(11)19)9-17-14-8-7-13(16)10-18-14/h2-3,5-10,19H,1,4H2. The number of hydrogen-bond donors (Lipinski definition) is 1. The minimum absolute atomic E-state index is 0.222. The number of aliphatic imine (C=N–C) groups is 1. The molecule has 3 nitrogen and oxygen atoms in total. The number of hydrogen-bond acceptors (Lipinski definition) is 3. The number of phenols is 1. The second-order valence-electron chi connectivity index (χ2n) is 3.94. The lowest BCUT2D eigenvalue weighted by atomic mass is 10.1. The molecule has 4 heteroatoms. The van der Waals surface area contributed by atoms with Gasteiger partial charge in [0.05, 0.1) is 5.02 Å². The summed E-state index contributed by atoms with van der Waals surface area (Å²) in [7, 11) is 0. The van der Waals surface area contributed by atoms with E-state index in [-0.39, 0.29) is 5.75 Å². The van der Waals surface area contributed by atoms with E-state index in [1.807, 2.05) is 12.1 Å². The molecule has 0 saturated heterocycles. The molecule has 1 heterocycles. The Morgan fingerprint density at radius 1 is 1.32 bits per heavy atom. The zero-order chi connectivity index (χ0) is 13.7. The highest BCUT2D eigenvalue weighted by Gasteiger charge is 2.03. The predicted octanol–water partition coefficient (Wildman–Crippen LogP) is 3.92. The SMILES string of the molecule is C=CCc1cccc(C=Nc2ccc(Cl)cn2)c1O. The Kier molecular flexibility index (Phi) is 4.31. The number of aromatic hydroxyl groups is 1. The van der Waals surface area contributed by atoms with Crippen LogP contribution in [0, 0.1) is 0 Å². The third-order valence-electron chi connectivity index (χ3n) is 2.56. The average Bonchev–Trinajstić information content (AvgIpc) is 2.42. The van der Waals surface area contributed by atoms with Crippen molar-refractivity contribution in [2.75, 3.05) is 0 Å². The first-order valence-corrected chi connectivity index (χ1v) is 6.16. The quantitative estimate of drug-likeness (QED) is 0.677. The minimum atomic E-state index is 0.222. The van der Waals surface area contributed by atoms with Crippen LogP contribution in [0.2, 0.25) is 5.02 Å². The van der Waals surface area contributed by atoms with Crippen LogP contribution < -0.4 is 0 Å². The van der Waals surface area contributed by atoms with Gasteiger partial charge in [0.15, 0.2) is 5.82 Å². The molecule has 0 bridgehead atoms. The molecule has 96 valence electrons. The molecule has 0 aliphatic rings. The van der Waals surface area contributed by atoms with Crippen LogP contribution in [0.4, 0.5) is 5.82 Å². The number of rotatable bonds is 4. The van der Waals surface area contributed by atoms with E-state index in [0.29, 0.717) is 22.8 Å². The summed E-state index contributed by atoms with van der Waals surface area (Å²) in [6, 6.07) is 8.95. The summed E-state index contributed by atoms with van der Waals surface area (Å²) in [5.74, 6) is 0.762. The Balaban J connectivity index is 2.25. The summed E-state index contributed by atoms with van der Waals surface area (Å²) < 4.78 is 0. The molecular weight excluding hydrogens is 260 g/mol. The minimum Gasteiger partial charge on any atom is -0.507 e. The fraction of sp³-hybridized carbons (Fsp3) is 0.0667. The van der Waals surface area contributed by atoms with Gasteiger partial charge >= 0.3 is 0 Å². The topological polar surface area (TPSA) is 45.5 Å². The lowest BCUT2D eigenvalue weighted by Crippen LogP contribution is -1.88. The van der Waals surface area contributed by atoms with Gasteiger partial charge in [-0.1, -0.05) is 29.8 Å². The van der Waals surface area contributed by atoms with Gasteiger partial charge in [-0.3, -0.25) is 0 Å². The number of aromatic nitrogens is 1. The van der Waals surface area contributed by atoms with Gasteiger partial charge < -0.3 is 5.11 Å². The number of pyridine rings is 1. The molecule has 1 aromatic carbocycles. The highest BCUT2D eigenvalue weighted by molar-refractivity contribution is 6.30. The molecule has 0 fully saturated rings. The molecule has 0 unspecified atom stereocenters.